The van der Waals surface area contributed by atoms with E-state index in [1.165, 1.54) is 5.57 Å². The highest BCUT2D eigenvalue weighted by atomic mass is 16.5. The van der Waals surface area contributed by atoms with Gasteiger partial charge in [0, 0.05) is 17.2 Å². The van der Waals surface area contributed by atoms with E-state index in [-0.39, 0.29) is 6.10 Å². The second-order valence-electron chi connectivity index (χ2n) is 4.65. The lowest BCUT2D eigenvalue weighted by atomic mass is 9.88. The maximum Gasteiger partial charge on any atom is 0.130 e. The minimum Gasteiger partial charge on any atom is -0.497 e. The van der Waals surface area contributed by atoms with Gasteiger partial charge < -0.3 is 14.2 Å². The summed E-state index contributed by atoms with van der Waals surface area (Å²) in [6.45, 7) is 4.81. The second kappa shape index (κ2) is 3.69. The minimum atomic E-state index is 0.209. The van der Waals surface area contributed by atoms with Crippen LogP contribution in [-0.2, 0) is 4.74 Å². The molecule has 2 aliphatic rings. The van der Waals surface area contributed by atoms with Crippen LogP contribution in [0.4, 0.5) is 0 Å². The predicted octanol–water partition coefficient (Wildman–Crippen LogP) is 2.77. The van der Waals surface area contributed by atoms with Crippen LogP contribution in [0, 0.1) is 12.8 Å². The molecule has 3 nitrogen and oxygen atoms in total. The summed E-state index contributed by atoms with van der Waals surface area (Å²) in [6, 6.07) is 4.08. The van der Waals surface area contributed by atoms with Gasteiger partial charge in [-0.05, 0) is 25.5 Å². The molecule has 0 aliphatic carbocycles. The Morgan fingerprint density at radius 3 is 2.94 bits per heavy atom. The lowest BCUT2D eigenvalue weighted by molar-refractivity contribution is 0.122. The zero-order chi connectivity index (χ0) is 12.0. The number of hydrogen-bond acceptors (Lipinski definition) is 3. The molecule has 1 aromatic carbocycles. The molecule has 2 unspecified atom stereocenters. The van der Waals surface area contributed by atoms with Crippen LogP contribution in [0.25, 0.3) is 5.57 Å². The standard InChI is InChI=1S/C14H16O3/c1-8-4-10-12-7-16-9(2)11(12)6-17-14(10)5-13(8)15-3/h4-5,7,9,11H,6H2,1-3H3. The van der Waals surface area contributed by atoms with Crippen LogP contribution in [0.15, 0.2) is 18.4 Å². The maximum absolute atomic E-state index is 5.80. The first kappa shape index (κ1) is 10.5. The molecule has 0 fully saturated rings. The summed E-state index contributed by atoms with van der Waals surface area (Å²) in [6.07, 6.45) is 2.09. The molecule has 0 saturated heterocycles. The number of hydrogen-bond donors (Lipinski definition) is 0. The molecule has 0 amide bonds. The molecule has 0 aromatic heterocycles. The summed E-state index contributed by atoms with van der Waals surface area (Å²) in [4.78, 5) is 0. The summed E-state index contributed by atoms with van der Waals surface area (Å²) >= 11 is 0. The third-order valence-electron chi connectivity index (χ3n) is 3.60. The van der Waals surface area contributed by atoms with E-state index in [0.717, 1.165) is 22.6 Å². The van der Waals surface area contributed by atoms with Crippen molar-refractivity contribution in [1.29, 1.82) is 0 Å². The average molecular weight is 232 g/mol. The number of aryl methyl sites for hydroxylation is 1. The molecule has 2 heterocycles. The molecule has 2 aliphatic heterocycles. The highest BCUT2D eigenvalue weighted by Gasteiger charge is 2.35. The molecule has 0 radical (unpaired) electrons. The zero-order valence-electron chi connectivity index (χ0n) is 10.3. The highest BCUT2D eigenvalue weighted by Crippen LogP contribution is 2.44. The highest BCUT2D eigenvalue weighted by molar-refractivity contribution is 5.76. The quantitative estimate of drug-likeness (QED) is 0.745. The Morgan fingerprint density at radius 1 is 1.35 bits per heavy atom. The zero-order valence-corrected chi connectivity index (χ0v) is 10.3. The fourth-order valence-corrected chi connectivity index (χ4v) is 2.52. The van der Waals surface area contributed by atoms with E-state index in [1.54, 1.807) is 7.11 Å². The first-order valence-corrected chi connectivity index (χ1v) is 5.88. The summed E-state index contributed by atoms with van der Waals surface area (Å²) in [5.41, 5.74) is 3.52. The Kier molecular flexibility index (Phi) is 2.28. The first-order valence-electron chi connectivity index (χ1n) is 5.88. The van der Waals surface area contributed by atoms with Gasteiger partial charge in [-0.15, -0.1) is 0 Å². The van der Waals surface area contributed by atoms with Gasteiger partial charge in [-0.2, -0.15) is 0 Å². The third kappa shape index (κ3) is 1.49. The summed E-state index contributed by atoms with van der Waals surface area (Å²) < 4.78 is 16.7. The monoisotopic (exact) mass is 232 g/mol. The maximum atomic E-state index is 5.80. The SMILES string of the molecule is COc1cc2c(cc1C)C1=COC(C)C1CO2. The van der Waals surface area contributed by atoms with E-state index in [1.807, 2.05) is 19.3 Å². The van der Waals surface area contributed by atoms with E-state index < -0.39 is 0 Å². The summed E-state index contributed by atoms with van der Waals surface area (Å²) in [7, 11) is 1.68. The number of methoxy groups -OCH3 is 1. The van der Waals surface area contributed by atoms with Crippen molar-refractivity contribution >= 4 is 5.57 Å². The largest absolute Gasteiger partial charge is 0.497 e. The normalized spacial score (nSPS) is 25.2. The van der Waals surface area contributed by atoms with Gasteiger partial charge in [0.25, 0.3) is 0 Å². The summed E-state index contributed by atoms with van der Waals surface area (Å²) in [5, 5.41) is 0. The molecule has 0 N–H and O–H groups in total. The van der Waals surface area contributed by atoms with Crippen molar-refractivity contribution in [2.24, 2.45) is 5.92 Å². The lowest BCUT2D eigenvalue weighted by Gasteiger charge is -2.26. The first-order chi connectivity index (χ1) is 8.20. The Balaban J connectivity index is 2.10. The van der Waals surface area contributed by atoms with E-state index in [4.69, 9.17) is 14.2 Å². The third-order valence-corrected chi connectivity index (χ3v) is 3.60. The van der Waals surface area contributed by atoms with Crippen molar-refractivity contribution < 1.29 is 14.2 Å². The van der Waals surface area contributed by atoms with Crippen LogP contribution < -0.4 is 9.47 Å². The van der Waals surface area contributed by atoms with Gasteiger partial charge in [-0.25, -0.2) is 0 Å². The van der Waals surface area contributed by atoms with E-state index in [9.17, 15) is 0 Å². The van der Waals surface area contributed by atoms with Crippen molar-refractivity contribution in [3.05, 3.63) is 29.5 Å². The van der Waals surface area contributed by atoms with Gasteiger partial charge >= 0.3 is 0 Å². The fourth-order valence-electron chi connectivity index (χ4n) is 2.52. The van der Waals surface area contributed by atoms with Gasteiger partial charge in [-0.3, -0.25) is 0 Å². The van der Waals surface area contributed by atoms with E-state index in [0.29, 0.717) is 12.5 Å². The van der Waals surface area contributed by atoms with Crippen molar-refractivity contribution in [3.63, 3.8) is 0 Å². The van der Waals surface area contributed by atoms with Crippen LogP contribution in [0.2, 0.25) is 0 Å². The van der Waals surface area contributed by atoms with Gasteiger partial charge in [0.05, 0.1) is 25.9 Å². The lowest BCUT2D eigenvalue weighted by Crippen LogP contribution is -2.25. The van der Waals surface area contributed by atoms with Gasteiger partial charge in [0.2, 0.25) is 0 Å². The Hall–Kier alpha value is -1.64. The van der Waals surface area contributed by atoms with Crippen LogP contribution in [0.3, 0.4) is 0 Å². The molecular weight excluding hydrogens is 216 g/mol. The Morgan fingerprint density at radius 2 is 2.18 bits per heavy atom. The molecule has 0 saturated carbocycles. The van der Waals surface area contributed by atoms with Crippen LogP contribution in [0.5, 0.6) is 11.5 Å². The Labute approximate surface area is 101 Å². The van der Waals surface area contributed by atoms with Crippen molar-refractivity contribution in [2.45, 2.75) is 20.0 Å². The molecule has 90 valence electrons. The summed E-state index contributed by atoms with van der Waals surface area (Å²) in [5.74, 6) is 2.12. The van der Waals surface area contributed by atoms with Crippen molar-refractivity contribution in [2.75, 3.05) is 13.7 Å². The van der Waals surface area contributed by atoms with Gasteiger partial charge in [-0.1, -0.05) is 0 Å². The molecule has 0 bridgehead atoms. The molecule has 2 atom stereocenters. The van der Waals surface area contributed by atoms with Crippen molar-refractivity contribution in [3.8, 4) is 11.5 Å². The van der Waals surface area contributed by atoms with Gasteiger partial charge in [0.15, 0.2) is 0 Å². The number of fused-ring (bicyclic) bond motifs is 3. The number of benzene rings is 1. The fraction of sp³-hybridized carbons (Fsp3) is 0.429. The molecule has 1 aromatic rings. The molecule has 0 spiro atoms. The average Bonchev–Trinajstić information content (AvgIpc) is 2.71. The molecule has 3 rings (SSSR count). The Bertz CT molecular complexity index is 490. The minimum absolute atomic E-state index is 0.209. The predicted molar refractivity (Wildman–Crippen MR) is 65.2 cm³/mol. The van der Waals surface area contributed by atoms with Crippen LogP contribution in [0.1, 0.15) is 18.1 Å². The molecule has 3 heteroatoms. The van der Waals surface area contributed by atoms with Crippen molar-refractivity contribution in [1.82, 2.24) is 0 Å². The second-order valence-corrected chi connectivity index (χ2v) is 4.65. The smallest absolute Gasteiger partial charge is 0.130 e. The molecule has 17 heavy (non-hydrogen) atoms. The molecular formula is C14H16O3. The van der Waals surface area contributed by atoms with Crippen LogP contribution in [-0.4, -0.2) is 19.8 Å². The van der Waals surface area contributed by atoms with Crippen LogP contribution >= 0.6 is 0 Å². The number of rotatable bonds is 1. The van der Waals surface area contributed by atoms with E-state index >= 15 is 0 Å². The van der Waals surface area contributed by atoms with E-state index in [2.05, 4.69) is 13.0 Å². The topological polar surface area (TPSA) is 27.7 Å². The van der Waals surface area contributed by atoms with Gasteiger partial charge in [0.1, 0.15) is 17.6 Å². The number of ether oxygens (including phenoxy) is 3.